The van der Waals surface area contributed by atoms with Crippen LogP contribution < -0.4 is 10.5 Å². The minimum atomic E-state index is -0.967. The van der Waals surface area contributed by atoms with E-state index in [1.54, 1.807) is 24.3 Å². The largest absolute Gasteiger partial charge is 0.595 e. The maximum absolute atomic E-state index is 10.9. The van der Waals surface area contributed by atoms with Crippen LogP contribution in [0.1, 0.15) is 0 Å². The van der Waals surface area contributed by atoms with Crippen LogP contribution in [0.4, 0.5) is 11.4 Å². The summed E-state index contributed by atoms with van der Waals surface area (Å²) in [5.74, 6) is 0. The lowest BCUT2D eigenvalue weighted by molar-refractivity contribution is -0.991. The third-order valence-electron chi connectivity index (χ3n) is 2.40. The fourth-order valence-electron chi connectivity index (χ4n) is 1.46. The molecule has 0 saturated carbocycles. The fraction of sp³-hybridized carbons (Fsp3) is 0. The van der Waals surface area contributed by atoms with Gasteiger partial charge in [-0.25, -0.2) is 10.4 Å². The van der Waals surface area contributed by atoms with Crippen LogP contribution in [-0.2, 0) is 0 Å². The molecule has 2 rings (SSSR count). The predicted octanol–water partition coefficient (Wildman–Crippen LogP) is 1.29. The highest BCUT2D eigenvalue weighted by Crippen LogP contribution is 2.38. The number of nitrogens with one attached hydrogen (secondary N) is 2. The Bertz CT molecular complexity index is 529. The van der Waals surface area contributed by atoms with Crippen molar-refractivity contribution in [1.29, 1.82) is 0 Å². The summed E-state index contributed by atoms with van der Waals surface area (Å²) in [6, 6.07) is 13.2. The van der Waals surface area contributed by atoms with E-state index in [2.05, 4.69) is 0 Å². The average molecular weight is 312 g/mol. The van der Waals surface area contributed by atoms with Crippen molar-refractivity contribution in [3.8, 4) is 0 Å². The molecule has 0 spiro atoms. The van der Waals surface area contributed by atoms with Crippen molar-refractivity contribution in [1.82, 2.24) is 0 Å². The highest BCUT2D eigenvalue weighted by atomic mass is 33.1. The molecule has 0 aliphatic heterocycles. The van der Waals surface area contributed by atoms with Gasteiger partial charge >= 0.3 is 0 Å². The van der Waals surface area contributed by atoms with E-state index in [1.165, 1.54) is 33.7 Å². The Labute approximate surface area is 123 Å². The first kappa shape index (κ1) is 15.3. The lowest BCUT2D eigenvalue weighted by atomic mass is 10.3. The smallest absolute Gasteiger partial charge is 0.164 e. The number of hydrogen-bond acceptors (Lipinski definition) is 6. The summed E-state index contributed by atoms with van der Waals surface area (Å²) in [6.07, 6.45) is 0. The van der Waals surface area contributed by atoms with Gasteiger partial charge in [0.25, 0.3) is 0 Å². The molecule has 20 heavy (non-hydrogen) atoms. The van der Waals surface area contributed by atoms with Crippen molar-refractivity contribution >= 4 is 33.0 Å². The molecule has 0 fully saturated rings. The van der Waals surface area contributed by atoms with Gasteiger partial charge in [-0.15, -0.1) is 0 Å². The minimum absolute atomic E-state index is 0.231. The zero-order valence-electron chi connectivity index (χ0n) is 10.1. The first-order valence-electron chi connectivity index (χ1n) is 5.57. The summed E-state index contributed by atoms with van der Waals surface area (Å²) in [4.78, 5) is 1.60. The van der Waals surface area contributed by atoms with Crippen molar-refractivity contribution in [2.24, 2.45) is 0 Å². The van der Waals surface area contributed by atoms with E-state index in [4.69, 9.17) is 10.4 Å². The number of benzene rings is 2. The van der Waals surface area contributed by atoms with Crippen molar-refractivity contribution in [3.05, 3.63) is 58.9 Å². The Kier molecular flexibility index (Phi) is 5.40. The molecule has 0 aromatic heterocycles. The molecule has 106 valence electrons. The van der Waals surface area contributed by atoms with Gasteiger partial charge in [0.2, 0.25) is 0 Å². The Morgan fingerprint density at radius 1 is 0.750 bits per heavy atom. The fourth-order valence-corrected chi connectivity index (χ4v) is 3.47. The molecule has 0 aliphatic carbocycles. The van der Waals surface area contributed by atoms with Crippen LogP contribution in [0, 0.1) is 10.4 Å². The normalized spacial score (nSPS) is 14.0. The average Bonchev–Trinajstić information content (AvgIpc) is 2.45. The van der Waals surface area contributed by atoms with Crippen molar-refractivity contribution < 1.29 is 20.9 Å². The van der Waals surface area contributed by atoms with E-state index in [0.29, 0.717) is 0 Å². The standard InChI is InChI=1S/C12H12N2O4S2/c15-13(16)9-3-1-5-11(7-9)19-20-12-6-2-4-10(8-12)14(17)18/h1-8,13-15,17H. The van der Waals surface area contributed by atoms with Crippen LogP contribution in [0.2, 0.25) is 0 Å². The molecule has 2 aromatic carbocycles. The molecule has 6 nitrogen and oxygen atoms in total. The van der Waals surface area contributed by atoms with Gasteiger partial charge < -0.3 is 10.4 Å². The van der Waals surface area contributed by atoms with Crippen molar-refractivity contribution in [2.75, 3.05) is 0 Å². The number of rotatable bonds is 5. The molecule has 0 radical (unpaired) electrons. The highest BCUT2D eigenvalue weighted by molar-refractivity contribution is 8.76. The number of hydrogen-bond donors (Lipinski definition) is 4. The first-order chi connectivity index (χ1) is 9.56. The lowest BCUT2D eigenvalue weighted by Crippen LogP contribution is -2.99. The van der Waals surface area contributed by atoms with E-state index in [-0.39, 0.29) is 11.4 Å². The third-order valence-corrected chi connectivity index (χ3v) is 4.78. The molecule has 0 bridgehead atoms. The maximum atomic E-state index is 10.9. The highest BCUT2D eigenvalue weighted by Gasteiger charge is 2.05. The van der Waals surface area contributed by atoms with Crippen LogP contribution in [0.15, 0.2) is 58.3 Å². The summed E-state index contributed by atoms with van der Waals surface area (Å²) in [5, 5.41) is 37.6. The quantitative estimate of drug-likeness (QED) is 0.491. The molecule has 2 atom stereocenters. The van der Waals surface area contributed by atoms with Crippen molar-refractivity contribution in [3.63, 3.8) is 0 Å². The summed E-state index contributed by atoms with van der Waals surface area (Å²) >= 11 is 0. The summed E-state index contributed by atoms with van der Waals surface area (Å²) in [5.41, 5.74) is 0.463. The molecule has 0 amide bonds. The predicted molar refractivity (Wildman–Crippen MR) is 76.2 cm³/mol. The molecular weight excluding hydrogens is 300 g/mol. The molecule has 0 saturated heterocycles. The third kappa shape index (κ3) is 4.20. The molecule has 0 aliphatic rings. The molecule has 2 aromatic rings. The van der Waals surface area contributed by atoms with Gasteiger partial charge in [0.1, 0.15) is 0 Å². The molecule has 2 unspecified atom stereocenters. The van der Waals surface area contributed by atoms with Gasteiger partial charge in [0, 0.05) is 34.1 Å². The maximum Gasteiger partial charge on any atom is 0.164 e. The summed E-state index contributed by atoms with van der Waals surface area (Å²) in [7, 11) is 2.77. The topological polar surface area (TPSA) is 95.5 Å². The second kappa shape index (κ2) is 7.07. The van der Waals surface area contributed by atoms with E-state index in [0.717, 1.165) is 9.79 Å². The second-order valence-corrected chi connectivity index (χ2v) is 6.11. The monoisotopic (exact) mass is 312 g/mol. The van der Waals surface area contributed by atoms with E-state index < -0.39 is 10.5 Å². The van der Waals surface area contributed by atoms with Gasteiger partial charge in [-0.2, -0.15) is 10.5 Å². The van der Waals surface area contributed by atoms with Gasteiger partial charge in [-0.05, 0) is 12.1 Å². The Balaban J connectivity index is 2.05. The zero-order chi connectivity index (χ0) is 14.5. The van der Waals surface area contributed by atoms with E-state index in [9.17, 15) is 10.4 Å². The van der Waals surface area contributed by atoms with Crippen LogP contribution in [0.3, 0.4) is 0 Å². The molecule has 8 heteroatoms. The molecule has 4 N–H and O–H groups in total. The van der Waals surface area contributed by atoms with Crippen LogP contribution >= 0.6 is 21.6 Å². The molecular formula is C12H12N2O4S2. The summed E-state index contributed by atoms with van der Waals surface area (Å²) in [6.45, 7) is 0. The zero-order valence-corrected chi connectivity index (χ0v) is 11.8. The first-order valence-corrected chi connectivity index (χ1v) is 7.72. The van der Waals surface area contributed by atoms with E-state index in [1.807, 2.05) is 12.1 Å². The van der Waals surface area contributed by atoms with Gasteiger partial charge in [0.15, 0.2) is 11.4 Å². The number of quaternary nitrogens is 2. The van der Waals surface area contributed by atoms with Crippen LogP contribution in [0.5, 0.6) is 0 Å². The summed E-state index contributed by atoms with van der Waals surface area (Å²) < 4.78 is 0. The Hall–Kier alpha value is -1.10. The molecule has 0 heterocycles. The van der Waals surface area contributed by atoms with E-state index >= 15 is 0 Å². The van der Waals surface area contributed by atoms with Crippen molar-refractivity contribution in [2.45, 2.75) is 9.79 Å². The van der Waals surface area contributed by atoms with Gasteiger partial charge in [0.05, 0.1) is 0 Å². The lowest BCUT2D eigenvalue weighted by Gasteiger charge is -2.13. The van der Waals surface area contributed by atoms with Gasteiger partial charge in [-0.3, -0.25) is 0 Å². The minimum Gasteiger partial charge on any atom is -0.595 e. The Morgan fingerprint density at radius 2 is 1.15 bits per heavy atom. The Morgan fingerprint density at radius 3 is 1.50 bits per heavy atom. The second-order valence-electron chi connectivity index (χ2n) is 3.83. The van der Waals surface area contributed by atoms with Gasteiger partial charge in [-0.1, -0.05) is 33.7 Å². The van der Waals surface area contributed by atoms with Crippen LogP contribution in [-0.4, -0.2) is 10.4 Å². The SMILES string of the molecule is [O-][NH+](O)c1cccc(SSc2cccc([NH+]([O-])O)c2)c1. The van der Waals surface area contributed by atoms with Crippen LogP contribution in [0.25, 0.3) is 0 Å².